The summed E-state index contributed by atoms with van der Waals surface area (Å²) in [6.45, 7) is 4.70. The third kappa shape index (κ3) is 4.46. The van der Waals surface area contributed by atoms with E-state index in [1.165, 1.54) is 11.3 Å². The van der Waals surface area contributed by atoms with E-state index in [1.54, 1.807) is 19.7 Å². The van der Waals surface area contributed by atoms with Crippen molar-refractivity contribution in [3.63, 3.8) is 0 Å². The second-order valence-corrected chi connectivity index (χ2v) is 6.07. The van der Waals surface area contributed by atoms with E-state index in [4.69, 9.17) is 14.2 Å². The lowest BCUT2D eigenvalue weighted by atomic mass is 10.1. The van der Waals surface area contributed by atoms with Crippen LogP contribution >= 0.6 is 11.3 Å². The van der Waals surface area contributed by atoms with Crippen LogP contribution < -0.4 is 14.8 Å². The van der Waals surface area contributed by atoms with E-state index in [1.807, 2.05) is 32.0 Å². The summed E-state index contributed by atoms with van der Waals surface area (Å²) in [4.78, 5) is 17.0. The third-order valence-corrected chi connectivity index (χ3v) is 4.46. The molecule has 1 aromatic carbocycles. The average Bonchev–Trinajstić information content (AvgIpc) is 3.01. The standard InChI is InChI=1S/C17H22N2O4S/c1-11(19-17(20)16-12(2)18-10-24-16)13-5-6-14(15(9-13)22-4)23-8-7-21-3/h5-6,9-11H,7-8H2,1-4H3,(H,19,20)/t11-/m1/s1. The predicted molar refractivity (Wildman–Crippen MR) is 93.1 cm³/mol. The monoisotopic (exact) mass is 350 g/mol. The number of aromatic nitrogens is 1. The number of carbonyl (C=O) groups is 1. The van der Waals surface area contributed by atoms with Gasteiger partial charge in [-0.2, -0.15) is 0 Å². The molecule has 0 aliphatic carbocycles. The van der Waals surface area contributed by atoms with E-state index >= 15 is 0 Å². The number of amides is 1. The molecular weight excluding hydrogens is 328 g/mol. The lowest BCUT2D eigenvalue weighted by Gasteiger charge is -2.17. The molecule has 0 spiro atoms. The smallest absolute Gasteiger partial charge is 0.263 e. The number of thiazole rings is 1. The number of aryl methyl sites for hydroxylation is 1. The van der Waals surface area contributed by atoms with Crippen LogP contribution in [0.25, 0.3) is 0 Å². The second-order valence-electron chi connectivity index (χ2n) is 5.21. The number of ether oxygens (including phenoxy) is 3. The normalized spacial score (nSPS) is 11.8. The predicted octanol–water partition coefficient (Wildman–Crippen LogP) is 2.98. The molecule has 1 amide bonds. The Hall–Kier alpha value is -2.12. The average molecular weight is 350 g/mol. The number of nitrogens with one attached hydrogen (secondary N) is 1. The molecule has 0 fully saturated rings. The van der Waals surface area contributed by atoms with E-state index < -0.39 is 0 Å². The highest BCUT2D eigenvalue weighted by Crippen LogP contribution is 2.30. The van der Waals surface area contributed by atoms with Crippen molar-refractivity contribution in [3.8, 4) is 11.5 Å². The molecule has 1 N–H and O–H groups in total. The Morgan fingerprint density at radius 3 is 2.71 bits per heavy atom. The van der Waals surface area contributed by atoms with Crippen LogP contribution in [0, 0.1) is 6.92 Å². The van der Waals surface area contributed by atoms with Gasteiger partial charge < -0.3 is 19.5 Å². The highest BCUT2D eigenvalue weighted by atomic mass is 32.1. The number of nitrogens with zero attached hydrogens (tertiary/aromatic N) is 1. The quantitative estimate of drug-likeness (QED) is 0.741. The number of benzene rings is 1. The lowest BCUT2D eigenvalue weighted by Crippen LogP contribution is -2.26. The third-order valence-electron chi connectivity index (χ3n) is 3.53. The molecule has 0 aliphatic rings. The summed E-state index contributed by atoms with van der Waals surface area (Å²) in [6, 6.07) is 5.45. The lowest BCUT2D eigenvalue weighted by molar-refractivity contribution is 0.0943. The largest absolute Gasteiger partial charge is 0.493 e. The van der Waals surface area contributed by atoms with Gasteiger partial charge >= 0.3 is 0 Å². The van der Waals surface area contributed by atoms with Crippen molar-refractivity contribution in [2.75, 3.05) is 27.4 Å². The number of carbonyl (C=O) groups excluding carboxylic acids is 1. The van der Waals surface area contributed by atoms with Crippen molar-refractivity contribution in [1.29, 1.82) is 0 Å². The Morgan fingerprint density at radius 1 is 1.29 bits per heavy atom. The molecule has 1 atom stereocenters. The Kier molecular flexibility index (Phi) is 6.57. The minimum Gasteiger partial charge on any atom is -0.493 e. The SMILES string of the molecule is COCCOc1ccc([C@@H](C)NC(=O)c2scnc2C)cc1OC. The van der Waals surface area contributed by atoms with Crippen molar-refractivity contribution in [2.24, 2.45) is 0 Å². The fourth-order valence-electron chi connectivity index (χ4n) is 2.17. The van der Waals surface area contributed by atoms with Gasteiger partial charge in [0.2, 0.25) is 0 Å². The molecule has 0 aliphatic heterocycles. The van der Waals surface area contributed by atoms with Crippen LogP contribution in [0.2, 0.25) is 0 Å². The first-order valence-corrected chi connectivity index (χ1v) is 8.45. The van der Waals surface area contributed by atoms with Crippen LogP contribution in [0.1, 0.15) is 33.9 Å². The summed E-state index contributed by atoms with van der Waals surface area (Å²) in [5, 5.41) is 2.98. The molecule has 130 valence electrons. The fourth-order valence-corrected chi connectivity index (χ4v) is 2.88. The summed E-state index contributed by atoms with van der Waals surface area (Å²) >= 11 is 1.34. The van der Waals surface area contributed by atoms with Gasteiger partial charge in [-0.05, 0) is 31.5 Å². The summed E-state index contributed by atoms with van der Waals surface area (Å²) in [5.41, 5.74) is 3.34. The molecule has 0 unspecified atom stereocenters. The summed E-state index contributed by atoms with van der Waals surface area (Å²) in [7, 11) is 3.21. The van der Waals surface area contributed by atoms with Gasteiger partial charge in [0.15, 0.2) is 11.5 Å². The first-order chi connectivity index (χ1) is 11.6. The molecule has 6 nitrogen and oxygen atoms in total. The van der Waals surface area contributed by atoms with Crippen LogP contribution in [-0.4, -0.2) is 38.3 Å². The molecule has 0 bridgehead atoms. The van der Waals surface area contributed by atoms with E-state index in [0.717, 1.165) is 11.3 Å². The fraction of sp³-hybridized carbons (Fsp3) is 0.412. The maximum Gasteiger partial charge on any atom is 0.263 e. The summed E-state index contributed by atoms with van der Waals surface area (Å²) in [6.07, 6.45) is 0. The molecule has 0 saturated heterocycles. The van der Waals surface area contributed by atoms with E-state index in [2.05, 4.69) is 10.3 Å². The zero-order chi connectivity index (χ0) is 17.5. The number of methoxy groups -OCH3 is 2. The Morgan fingerprint density at radius 2 is 2.08 bits per heavy atom. The van der Waals surface area contributed by atoms with E-state index in [0.29, 0.717) is 29.6 Å². The van der Waals surface area contributed by atoms with E-state index in [-0.39, 0.29) is 11.9 Å². The van der Waals surface area contributed by atoms with Crippen LogP contribution in [0.15, 0.2) is 23.7 Å². The van der Waals surface area contributed by atoms with E-state index in [9.17, 15) is 4.79 Å². The minimum atomic E-state index is -0.166. The summed E-state index contributed by atoms with van der Waals surface area (Å²) < 4.78 is 16.0. The number of hydrogen-bond donors (Lipinski definition) is 1. The first-order valence-electron chi connectivity index (χ1n) is 7.57. The zero-order valence-electron chi connectivity index (χ0n) is 14.3. The van der Waals surface area contributed by atoms with Crippen molar-refractivity contribution in [2.45, 2.75) is 19.9 Å². The number of rotatable bonds is 8. The molecule has 2 rings (SSSR count). The van der Waals surface area contributed by atoms with Crippen LogP contribution in [-0.2, 0) is 4.74 Å². The Bertz CT molecular complexity index is 687. The van der Waals surface area contributed by atoms with Crippen LogP contribution in [0.4, 0.5) is 0 Å². The number of hydrogen-bond acceptors (Lipinski definition) is 6. The molecule has 1 aromatic heterocycles. The molecule has 0 radical (unpaired) electrons. The van der Waals surface area contributed by atoms with Crippen LogP contribution in [0.5, 0.6) is 11.5 Å². The second kappa shape index (κ2) is 8.65. The molecule has 24 heavy (non-hydrogen) atoms. The Balaban J connectivity index is 2.07. The van der Waals surface area contributed by atoms with Gasteiger partial charge in [0, 0.05) is 7.11 Å². The van der Waals surface area contributed by atoms with Gasteiger partial charge in [0.05, 0.1) is 31.0 Å². The zero-order valence-corrected chi connectivity index (χ0v) is 15.1. The van der Waals surface area contributed by atoms with Gasteiger partial charge in [-0.1, -0.05) is 6.07 Å². The minimum absolute atomic E-state index is 0.123. The first kappa shape index (κ1) is 18.2. The molecule has 1 heterocycles. The van der Waals surface area contributed by atoms with Gasteiger partial charge in [0.25, 0.3) is 5.91 Å². The highest BCUT2D eigenvalue weighted by molar-refractivity contribution is 7.11. The van der Waals surface area contributed by atoms with Crippen LogP contribution in [0.3, 0.4) is 0 Å². The molecule has 7 heteroatoms. The van der Waals surface area contributed by atoms with Gasteiger partial charge in [0.1, 0.15) is 11.5 Å². The van der Waals surface area contributed by atoms with Gasteiger partial charge in [-0.3, -0.25) is 4.79 Å². The Labute approximate surface area is 145 Å². The van der Waals surface area contributed by atoms with Crippen molar-refractivity contribution < 1.29 is 19.0 Å². The van der Waals surface area contributed by atoms with Gasteiger partial charge in [-0.15, -0.1) is 11.3 Å². The van der Waals surface area contributed by atoms with Crippen molar-refractivity contribution in [1.82, 2.24) is 10.3 Å². The maximum atomic E-state index is 12.3. The maximum absolute atomic E-state index is 12.3. The molecule has 2 aromatic rings. The highest BCUT2D eigenvalue weighted by Gasteiger charge is 2.16. The summed E-state index contributed by atoms with van der Waals surface area (Å²) in [5.74, 6) is 1.15. The van der Waals surface area contributed by atoms with Gasteiger partial charge in [-0.25, -0.2) is 4.98 Å². The van der Waals surface area contributed by atoms with Crippen molar-refractivity contribution in [3.05, 3.63) is 39.8 Å². The topological polar surface area (TPSA) is 69.7 Å². The van der Waals surface area contributed by atoms with Crippen molar-refractivity contribution >= 4 is 17.2 Å². The molecule has 0 saturated carbocycles. The molecular formula is C17H22N2O4S.